The third-order valence-corrected chi connectivity index (χ3v) is 6.58. The summed E-state index contributed by atoms with van der Waals surface area (Å²) in [7, 11) is 0. The van der Waals surface area contributed by atoms with Crippen LogP contribution in [-0.2, 0) is 6.54 Å². The zero-order valence-corrected chi connectivity index (χ0v) is 20.1. The predicted octanol–water partition coefficient (Wildman–Crippen LogP) is 6.20. The Morgan fingerprint density at radius 3 is 2.47 bits per heavy atom. The van der Waals surface area contributed by atoms with Crippen LogP contribution >= 0.6 is 11.3 Å². The summed E-state index contributed by atoms with van der Waals surface area (Å²) in [5, 5.41) is 12.0. The molecular weight excluding hydrogens is 420 g/mol. The van der Waals surface area contributed by atoms with Gasteiger partial charge < -0.3 is 9.52 Å². The van der Waals surface area contributed by atoms with Crippen LogP contribution in [0.4, 0.5) is 0 Å². The fourth-order valence-electron chi connectivity index (χ4n) is 4.23. The third kappa shape index (κ3) is 4.43. The molecule has 0 aliphatic carbocycles. The van der Waals surface area contributed by atoms with Gasteiger partial charge in [0.15, 0.2) is 0 Å². The van der Waals surface area contributed by atoms with Crippen LogP contribution in [0.2, 0.25) is 0 Å². The second-order valence-corrected chi connectivity index (χ2v) is 10.4. The van der Waals surface area contributed by atoms with Gasteiger partial charge in [0.25, 0.3) is 0 Å². The highest BCUT2D eigenvalue weighted by atomic mass is 32.1. The van der Waals surface area contributed by atoms with Crippen molar-refractivity contribution in [1.82, 2.24) is 9.88 Å². The van der Waals surface area contributed by atoms with E-state index >= 15 is 0 Å². The van der Waals surface area contributed by atoms with Crippen LogP contribution in [0, 0.1) is 18.8 Å². The molecule has 0 fully saturated rings. The maximum atomic E-state index is 13.5. The van der Waals surface area contributed by atoms with Crippen molar-refractivity contribution in [3.05, 3.63) is 57.9 Å². The fourth-order valence-corrected chi connectivity index (χ4v) is 5.20. The maximum absolute atomic E-state index is 13.5. The number of para-hydroxylation sites is 1. The third-order valence-electron chi connectivity index (χ3n) is 5.51. The molecule has 6 heteroatoms. The summed E-state index contributed by atoms with van der Waals surface area (Å²) in [5.41, 5.74) is 2.99. The first-order valence-corrected chi connectivity index (χ1v) is 11.9. The molecule has 1 N–H and O–H groups in total. The molecule has 4 aromatic rings. The second kappa shape index (κ2) is 9.04. The Balaban J connectivity index is 1.81. The summed E-state index contributed by atoms with van der Waals surface area (Å²) < 4.78 is 6.90. The number of fused-ring (bicyclic) bond motifs is 2. The first-order chi connectivity index (χ1) is 15.2. The van der Waals surface area contributed by atoms with Gasteiger partial charge in [-0.1, -0.05) is 39.8 Å². The normalized spacial score (nSPS) is 12.1. The molecule has 0 atom stereocenters. The molecule has 0 amide bonds. The summed E-state index contributed by atoms with van der Waals surface area (Å²) in [6.45, 7) is 13.0. The minimum atomic E-state index is -0.117. The quantitative estimate of drug-likeness (QED) is 0.363. The van der Waals surface area contributed by atoms with Gasteiger partial charge in [0.2, 0.25) is 5.43 Å². The number of hydrogen-bond acceptors (Lipinski definition) is 6. The van der Waals surface area contributed by atoms with Gasteiger partial charge in [-0.05, 0) is 37.0 Å². The van der Waals surface area contributed by atoms with Crippen LogP contribution < -0.4 is 5.43 Å². The SMILES string of the molecule is Cc1c(O)c(CN(CC(C)C)CC(C)C)cc2c(=O)c(-c3nc4ccccc4s3)coc12. The Bertz CT molecular complexity index is 1280. The number of benzene rings is 2. The minimum Gasteiger partial charge on any atom is -0.507 e. The van der Waals surface area contributed by atoms with Crippen LogP contribution in [-0.4, -0.2) is 28.1 Å². The molecule has 32 heavy (non-hydrogen) atoms. The van der Waals surface area contributed by atoms with E-state index in [-0.39, 0.29) is 11.2 Å². The lowest BCUT2D eigenvalue weighted by molar-refractivity contribution is 0.209. The van der Waals surface area contributed by atoms with Crippen molar-refractivity contribution < 1.29 is 9.52 Å². The number of nitrogens with zero attached hydrogens (tertiary/aromatic N) is 2. The Hall–Kier alpha value is -2.70. The van der Waals surface area contributed by atoms with E-state index in [0.717, 1.165) is 28.9 Å². The van der Waals surface area contributed by atoms with Crippen molar-refractivity contribution in [2.45, 2.75) is 41.2 Å². The topological polar surface area (TPSA) is 66.6 Å². The van der Waals surface area contributed by atoms with Gasteiger partial charge in [-0.2, -0.15) is 0 Å². The molecule has 0 saturated heterocycles. The number of phenols is 1. The molecule has 0 unspecified atom stereocenters. The summed E-state index contributed by atoms with van der Waals surface area (Å²) in [6.07, 6.45) is 1.47. The first kappa shape index (κ1) is 22.5. The molecule has 0 saturated carbocycles. The maximum Gasteiger partial charge on any atom is 0.202 e. The lowest BCUT2D eigenvalue weighted by Crippen LogP contribution is -2.31. The molecule has 0 radical (unpaired) electrons. The first-order valence-electron chi connectivity index (χ1n) is 11.1. The number of phenolic OH excluding ortho intramolecular Hbond substituents is 1. The number of aromatic hydroxyl groups is 1. The van der Waals surface area contributed by atoms with Gasteiger partial charge in [0.05, 0.1) is 21.2 Å². The minimum absolute atomic E-state index is 0.117. The Kier molecular flexibility index (Phi) is 6.35. The lowest BCUT2D eigenvalue weighted by atomic mass is 10.0. The van der Waals surface area contributed by atoms with Crippen molar-refractivity contribution >= 4 is 32.5 Å². The Labute approximate surface area is 192 Å². The highest BCUT2D eigenvalue weighted by Crippen LogP contribution is 2.33. The van der Waals surface area contributed by atoms with Crippen molar-refractivity contribution in [2.24, 2.45) is 11.8 Å². The van der Waals surface area contributed by atoms with E-state index in [9.17, 15) is 9.90 Å². The molecule has 0 aliphatic heterocycles. The Morgan fingerprint density at radius 1 is 1.12 bits per heavy atom. The van der Waals surface area contributed by atoms with Crippen LogP contribution in [0.25, 0.3) is 31.8 Å². The van der Waals surface area contributed by atoms with Gasteiger partial charge in [-0.3, -0.25) is 9.69 Å². The van der Waals surface area contributed by atoms with Crippen molar-refractivity contribution in [3.8, 4) is 16.3 Å². The number of aryl methyl sites for hydroxylation is 1. The van der Waals surface area contributed by atoms with E-state index in [1.165, 1.54) is 17.6 Å². The highest BCUT2D eigenvalue weighted by Gasteiger charge is 2.20. The summed E-state index contributed by atoms with van der Waals surface area (Å²) in [5.74, 6) is 1.22. The van der Waals surface area contributed by atoms with E-state index in [2.05, 4.69) is 37.6 Å². The van der Waals surface area contributed by atoms with Crippen molar-refractivity contribution in [1.29, 1.82) is 0 Å². The molecule has 0 aliphatic rings. The monoisotopic (exact) mass is 450 g/mol. The van der Waals surface area contributed by atoms with E-state index in [1.54, 1.807) is 13.0 Å². The molecule has 0 spiro atoms. The number of thiazole rings is 1. The molecule has 0 bridgehead atoms. The molecule has 2 aromatic heterocycles. The van der Waals surface area contributed by atoms with Crippen LogP contribution in [0.3, 0.4) is 0 Å². The van der Waals surface area contributed by atoms with Crippen LogP contribution in [0.1, 0.15) is 38.8 Å². The van der Waals surface area contributed by atoms with Gasteiger partial charge in [-0.25, -0.2) is 4.98 Å². The van der Waals surface area contributed by atoms with Crippen molar-refractivity contribution in [3.63, 3.8) is 0 Å². The molecule has 168 valence electrons. The molecular formula is C26H30N2O3S. The van der Waals surface area contributed by atoms with E-state index in [4.69, 9.17) is 4.42 Å². The number of hydrogen-bond donors (Lipinski definition) is 1. The van der Waals surface area contributed by atoms with Gasteiger partial charge in [0, 0.05) is 30.8 Å². The van der Waals surface area contributed by atoms with Crippen LogP contribution in [0.5, 0.6) is 5.75 Å². The fraction of sp³-hybridized carbons (Fsp3) is 0.385. The zero-order valence-electron chi connectivity index (χ0n) is 19.3. The Morgan fingerprint density at radius 2 is 1.81 bits per heavy atom. The molecule has 5 nitrogen and oxygen atoms in total. The summed E-state index contributed by atoms with van der Waals surface area (Å²) in [4.78, 5) is 20.4. The van der Waals surface area contributed by atoms with Crippen LogP contribution in [0.15, 0.2) is 45.8 Å². The van der Waals surface area contributed by atoms with Gasteiger partial charge in [0.1, 0.15) is 22.6 Å². The number of aromatic nitrogens is 1. The molecule has 4 rings (SSSR count). The van der Waals surface area contributed by atoms with Gasteiger partial charge >= 0.3 is 0 Å². The lowest BCUT2D eigenvalue weighted by Gasteiger charge is -2.26. The molecule has 2 heterocycles. The average molecular weight is 451 g/mol. The largest absolute Gasteiger partial charge is 0.507 e. The smallest absolute Gasteiger partial charge is 0.202 e. The highest BCUT2D eigenvalue weighted by molar-refractivity contribution is 7.21. The van der Waals surface area contributed by atoms with E-state index in [1.807, 2.05) is 24.3 Å². The zero-order chi connectivity index (χ0) is 23.0. The molecule has 2 aromatic carbocycles. The second-order valence-electron chi connectivity index (χ2n) is 9.33. The predicted molar refractivity (Wildman–Crippen MR) is 132 cm³/mol. The van der Waals surface area contributed by atoms with E-state index in [0.29, 0.717) is 45.5 Å². The number of rotatable bonds is 7. The van der Waals surface area contributed by atoms with E-state index < -0.39 is 0 Å². The van der Waals surface area contributed by atoms with Gasteiger partial charge in [-0.15, -0.1) is 11.3 Å². The summed E-state index contributed by atoms with van der Waals surface area (Å²) in [6, 6.07) is 9.64. The average Bonchev–Trinajstić information content (AvgIpc) is 3.15. The standard InChI is InChI=1S/C26H30N2O3S/c1-15(2)11-28(12-16(3)4)13-18-10-19-24(30)20(14-31-25(19)17(5)23(18)29)26-27-21-8-6-7-9-22(21)32-26/h6-10,14-16,29H,11-13H2,1-5H3. The van der Waals surface area contributed by atoms with Crippen molar-refractivity contribution in [2.75, 3.05) is 13.1 Å². The summed E-state index contributed by atoms with van der Waals surface area (Å²) >= 11 is 1.48.